The fourth-order valence-corrected chi connectivity index (χ4v) is 4.15. The highest BCUT2D eigenvalue weighted by molar-refractivity contribution is 5.70. The van der Waals surface area contributed by atoms with Crippen LogP contribution >= 0.6 is 0 Å². The topological polar surface area (TPSA) is 102 Å². The molecule has 0 rings (SSSR count). The summed E-state index contributed by atoms with van der Waals surface area (Å²) >= 11 is 0. The Labute approximate surface area is 267 Å². The normalized spacial score (nSPS) is 13.9. The summed E-state index contributed by atoms with van der Waals surface area (Å²) in [6.45, 7) is 4.32. The summed E-state index contributed by atoms with van der Waals surface area (Å²) in [5.74, 6) is -1.87. The Balaban J connectivity index is 4.58. The first kappa shape index (κ1) is 41.0. The number of esters is 2. The number of aliphatic carboxylic acids is 1. The van der Waals surface area contributed by atoms with Crippen molar-refractivity contribution >= 4 is 17.9 Å². The predicted octanol–water partition coefficient (Wildman–Crippen LogP) is 6.17. The number of hydrogen-bond acceptors (Lipinski definition) is 7. The number of unbranched alkanes of at least 4 members (excludes halogenated alkanes) is 6. The van der Waals surface area contributed by atoms with Gasteiger partial charge in [-0.05, 0) is 44.9 Å². The minimum Gasteiger partial charge on any atom is -0.544 e. The van der Waals surface area contributed by atoms with E-state index in [0.717, 1.165) is 44.9 Å². The average molecular weight is 618 g/mol. The highest BCUT2D eigenvalue weighted by Gasteiger charge is 2.25. The molecule has 0 bridgehead atoms. The Morgan fingerprint density at radius 3 is 2.00 bits per heavy atom. The molecule has 0 aliphatic rings. The Morgan fingerprint density at radius 2 is 1.34 bits per heavy atom. The molecule has 2 unspecified atom stereocenters. The van der Waals surface area contributed by atoms with E-state index in [0.29, 0.717) is 12.8 Å². The predicted molar refractivity (Wildman–Crippen MR) is 176 cm³/mol. The molecule has 0 aliphatic carbocycles. The van der Waals surface area contributed by atoms with Gasteiger partial charge in [0, 0.05) is 19.3 Å². The molecular weight excluding hydrogens is 558 g/mol. The zero-order valence-electron chi connectivity index (χ0n) is 28.0. The van der Waals surface area contributed by atoms with Crippen molar-refractivity contribution in [1.29, 1.82) is 0 Å². The van der Waals surface area contributed by atoms with E-state index >= 15 is 0 Å². The van der Waals surface area contributed by atoms with Gasteiger partial charge in [0.1, 0.15) is 12.6 Å². The molecule has 2 atom stereocenters. The van der Waals surface area contributed by atoms with E-state index in [9.17, 15) is 19.5 Å². The fourth-order valence-electron chi connectivity index (χ4n) is 4.15. The zero-order valence-corrected chi connectivity index (χ0v) is 28.0. The number of carbonyl (C=O) groups is 3. The number of hydrogen-bond donors (Lipinski definition) is 0. The molecule has 0 aromatic heterocycles. The molecule has 0 saturated heterocycles. The average Bonchev–Trinajstić information content (AvgIpc) is 2.96. The van der Waals surface area contributed by atoms with Crippen molar-refractivity contribution in [3.8, 4) is 0 Å². The van der Waals surface area contributed by atoms with Gasteiger partial charge in [-0.25, -0.2) is 0 Å². The Bertz CT molecular complexity index is 912. The van der Waals surface area contributed by atoms with Gasteiger partial charge in [0.25, 0.3) is 0 Å². The molecule has 0 amide bonds. The first-order valence-corrected chi connectivity index (χ1v) is 16.4. The van der Waals surface area contributed by atoms with Crippen molar-refractivity contribution in [2.24, 2.45) is 0 Å². The number of allylic oxidation sites excluding steroid dienone is 10. The number of quaternary nitrogens is 1. The van der Waals surface area contributed by atoms with Gasteiger partial charge in [-0.3, -0.25) is 9.59 Å². The molecule has 0 spiro atoms. The minimum absolute atomic E-state index is 0.00873. The van der Waals surface area contributed by atoms with Crippen LogP contribution in [0.4, 0.5) is 0 Å². The third-order valence-electron chi connectivity index (χ3n) is 6.75. The largest absolute Gasteiger partial charge is 0.544 e. The SMILES string of the molecule is CC/C=C/C=C/C=C/C=C/CCCCCC(=O)OCC(COCCC(C(=O)[O-])[N+](C)(C)C)OC(=O)CC/C=C/CCCCC. The van der Waals surface area contributed by atoms with Crippen molar-refractivity contribution in [1.82, 2.24) is 0 Å². The number of carboxylic acid groups (broad SMARTS) is 1. The number of carboxylic acids is 1. The molecule has 8 heteroatoms. The summed E-state index contributed by atoms with van der Waals surface area (Å²) in [6.07, 6.45) is 30.0. The van der Waals surface area contributed by atoms with E-state index in [1.54, 1.807) is 21.1 Å². The summed E-state index contributed by atoms with van der Waals surface area (Å²) in [6, 6.07) is -0.736. The molecule has 0 aromatic carbocycles. The summed E-state index contributed by atoms with van der Waals surface area (Å²) in [4.78, 5) is 36.3. The lowest BCUT2D eigenvalue weighted by Crippen LogP contribution is -2.55. The van der Waals surface area contributed by atoms with Gasteiger partial charge in [0.05, 0.1) is 40.3 Å². The first-order chi connectivity index (χ1) is 21.1. The molecular formula is C36H59NO7. The van der Waals surface area contributed by atoms with E-state index in [1.807, 2.05) is 42.5 Å². The van der Waals surface area contributed by atoms with Crippen LogP contribution in [-0.2, 0) is 28.6 Å². The van der Waals surface area contributed by atoms with Gasteiger partial charge in [0.15, 0.2) is 6.10 Å². The lowest BCUT2D eigenvalue weighted by molar-refractivity contribution is -0.889. The van der Waals surface area contributed by atoms with Crippen molar-refractivity contribution in [3.63, 3.8) is 0 Å². The summed E-state index contributed by atoms with van der Waals surface area (Å²) in [5.41, 5.74) is 0. The second-order valence-corrected chi connectivity index (χ2v) is 11.7. The molecule has 44 heavy (non-hydrogen) atoms. The molecule has 0 aliphatic heterocycles. The number of carbonyl (C=O) groups excluding carboxylic acids is 3. The van der Waals surface area contributed by atoms with Crippen LogP contribution in [0.5, 0.6) is 0 Å². The van der Waals surface area contributed by atoms with Crippen LogP contribution in [-0.4, -0.2) is 75.5 Å². The number of nitrogens with zero attached hydrogens (tertiary/aromatic N) is 1. The fraction of sp³-hybridized carbons (Fsp3) is 0.639. The monoisotopic (exact) mass is 617 g/mol. The van der Waals surface area contributed by atoms with E-state index in [4.69, 9.17) is 14.2 Å². The Kier molecular flexibility index (Phi) is 25.7. The maximum absolute atomic E-state index is 12.4. The third kappa shape index (κ3) is 25.5. The highest BCUT2D eigenvalue weighted by atomic mass is 16.6. The summed E-state index contributed by atoms with van der Waals surface area (Å²) in [7, 11) is 5.35. The third-order valence-corrected chi connectivity index (χ3v) is 6.75. The van der Waals surface area contributed by atoms with Crippen LogP contribution in [0.2, 0.25) is 0 Å². The number of ether oxygens (including phenoxy) is 3. The maximum atomic E-state index is 12.4. The van der Waals surface area contributed by atoms with E-state index in [2.05, 4.69) is 32.1 Å². The van der Waals surface area contributed by atoms with E-state index < -0.39 is 18.1 Å². The standard InChI is InChI=1S/C36H59NO7/c1-6-8-10-12-14-15-16-17-18-19-21-22-24-26-34(38)43-31-32(30-42-29-28-33(36(40)41)37(3,4)5)44-35(39)27-25-23-20-13-11-9-7-2/h8,10,12,14-18,20,23,32-33H,6-7,9,11,13,19,21-22,24-31H2,1-5H3/b10-8+,14-12+,16-15+,18-17+,23-20+. The Hall–Kier alpha value is -2.97. The summed E-state index contributed by atoms with van der Waals surface area (Å²) in [5, 5.41) is 11.5. The van der Waals surface area contributed by atoms with E-state index in [-0.39, 0.29) is 49.1 Å². The van der Waals surface area contributed by atoms with Crippen LogP contribution in [0.1, 0.15) is 97.3 Å². The molecule has 250 valence electrons. The minimum atomic E-state index is -1.14. The van der Waals surface area contributed by atoms with Crippen LogP contribution in [0.15, 0.2) is 60.8 Å². The smallest absolute Gasteiger partial charge is 0.306 e. The van der Waals surface area contributed by atoms with Gasteiger partial charge in [-0.2, -0.15) is 0 Å². The van der Waals surface area contributed by atoms with Crippen molar-refractivity contribution in [3.05, 3.63) is 60.8 Å². The highest BCUT2D eigenvalue weighted by Crippen LogP contribution is 2.10. The zero-order chi connectivity index (χ0) is 32.9. The van der Waals surface area contributed by atoms with Gasteiger partial charge in [0.2, 0.25) is 0 Å². The molecule has 0 N–H and O–H groups in total. The maximum Gasteiger partial charge on any atom is 0.306 e. The number of rotatable bonds is 27. The van der Waals surface area contributed by atoms with Crippen molar-refractivity contribution in [2.75, 3.05) is 41.0 Å². The van der Waals surface area contributed by atoms with Gasteiger partial charge < -0.3 is 28.6 Å². The van der Waals surface area contributed by atoms with Crippen LogP contribution in [0.3, 0.4) is 0 Å². The van der Waals surface area contributed by atoms with Crippen LogP contribution < -0.4 is 5.11 Å². The number of likely N-dealkylation sites (N-methyl/N-ethyl adjacent to an activating group) is 1. The quantitative estimate of drug-likeness (QED) is 0.0357. The van der Waals surface area contributed by atoms with Gasteiger partial charge in [-0.1, -0.05) is 93.9 Å². The second kappa shape index (κ2) is 27.6. The van der Waals surface area contributed by atoms with Crippen LogP contribution in [0, 0.1) is 0 Å². The second-order valence-electron chi connectivity index (χ2n) is 11.7. The molecule has 0 saturated carbocycles. The van der Waals surface area contributed by atoms with Crippen molar-refractivity contribution in [2.45, 2.75) is 109 Å². The molecule has 0 fully saturated rings. The van der Waals surface area contributed by atoms with Gasteiger partial charge >= 0.3 is 11.9 Å². The Morgan fingerprint density at radius 1 is 0.705 bits per heavy atom. The molecule has 0 aromatic rings. The van der Waals surface area contributed by atoms with Gasteiger partial charge in [-0.15, -0.1) is 0 Å². The lowest BCUT2D eigenvalue weighted by Gasteiger charge is -2.34. The summed E-state index contributed by atoms with van der Waals surface area (Å²) < 4.78 is 16.8. The lowest BCUT2D eigenvalue weighted by atomic mass is 10.1. The van der Waals surface area contributed by atoms with Crippen LogP contribution in [0.25, 0.3) is 0 Å². The van der Waals surface area contributed by atoms with E-state index in [1.165, 1.54) is 12.8 Å². The van der Waals surface area contributed by atoms with Crippen molar-refractivity contribution < 1.29 is 38.2 Å². The molecule has 8 nitrogen and oxygen atoms in total. The molecule has 0 radical (unpaired) electrons. The first-order valence-electron chi connectivity index (χ1n) is 16.4. The molecule has 0 heterocycles.